The van der Waals surface area contributed by atoms with Gasteiger partial charge >= 0.3 is 0 Å². The molecule has 0 saturated carbocycles. The number of hydrogen-bond acceptors (Lipinski definition) is 5. The molecule has 2 heterocycles. The van der Waals surface area contributed by atoms with Crippen molar-refractivity contribution in [3.05, 3.63) is 173 Å². The fourth-order valence-corrected chi connectivity index (χ4v) is 7.00. The van der Waals surface area contributed by atoms with Gasteiger partial charge in [0.05, 0.1) is 7.11 Å². The van der Waals surface area contributed by atoms with E-state index in [-0.39, 0.29) is 0 Å². The van der Waals surface area contributed by atoms with Gasteiger partial charge in [-0.2, -0.15) is 0 Å². The van der Waals surface area contributed by atoms with Crippen molar-refractivity contribution < 1.29 is 4.74 Å². The molecule has 0 spiro atoms. The van der Waals surface area contributed by atoms with Crippen molar-refractivity contribution in [1.29, 1.82) is 0 Å². The van der Waals surface area contributed by atoms with E-state index in [1.165, 1.54) is 11.3 Å². The minimum Gasteiger partial charge on any atom is -0.480 e. The molecule has 7 rings (SSSR count). The molecule has 0 N–H and O–H groups in total. The third kappa shape index (κ3) is 5.93. The number of benzene rings is 5. The maximum Gasteiger partial charge on any atom is 0.236 e. The van der Waals surface area contributed by atoms with Crippen LogP contribution < -0.4 is 4.74 Å². The van der Waals surface area contributed by atoms with Crippen molar-refractivity contribution in [3.63, 3.8) is 0 Å². The molecule has 0 bridgehead atoms. The van der Waals surface area contributed by atoms with Gasteiger partial charge in [0.25, 0.3) is 0 Å². The van der Waals surface area contributed by atoms with Crippen LogP contribution in [0.25, 0.3) is 22.5 Å². The summed E-state index contributed by atoms with van der Waals surface area (Å²) in [7, 11) is 3.71. The molecule has 0 radical (unpaired) electrons. The van der Waals surface area contributed by atoms with Crippen molar-refractivity contribution in [3.8, 4) is 28.4 Å². The van der Waals surface area contributed by atoms with Gasteiger partial charge < -0.3 is 4.74 Å². The Kier molecular flexibility index (Phi) is 9.15. The second-order valence-corrected chi connectivity index (χ2v) is 12.3. The van der Waals surface area contributed by atoms with E-state index in [0.717, 1.165) is 64.6 Å². The summed E-state index contributed by atoms with van der Waals surface area (Å²) in [6, 6.07) is 48.6. The van der Waals surface area contributed by atoms with Crippen LogP contribution in [-0.2, 0) is 25.4 Å². The molecule has 7 nitrogen and oxygen atoms in total. The fraction of sp³-hybridized carbons (Fsp3) is 0.190. The topological polar surface area (TPSA) is 70.7 Å². The number of rotatable bonds is 12. The zero-order valence-electron chi connectivity index (χ0n) is 28.2. The van der Waals surface area contributed by atoms with Crippen LogP contribution in [-0.4, -0.2) is 37.1 Å². The average molecular weight is 645 g/mol. The second-order valence-electron chi connectivity index (χ2n) is 12.3. The number of hydrogen-bond donors (Lipinski definition) is 0. The molecular formula is C42H40N6O. The quantitative estimate of drug-likeness (QED) is 0.125. The minimum atomic E-state index is -0.835. The highest BCUT2D eigenvalue weighted by Gasteiger charge is 2.42. The maximum atomic E-state index is 5.69. The van der Waals surface area contributed by atoms with Crippen LogP contribution in [0.4, 0.5) is 0 Å². The molecule has 7 aromatic rings. The lowest BCUT2D eigenvalue weighted by Gasteiger charge is -2.36. The van der Waals surface area contributed by atoms with Gasteiger partial charge in [-0.3, -0.25) is 4.68 Å². The van der Waals surface area contributed by atoms with Crippen LogP contribution in [0.3, 0.4) is 0 Å². The molecule has 49 heavy (non-hydrogen) atoms. The summed E-state index contributed by atoms with van der Waals surface area (Å²) in [4.78, 5) is 0. The Hall–Kier alpha value is -5.82. The number of nitrogens with zero attached hydrogens (tertiary/aromatic N) is 6. The lowest BCUT2D eigenvalue weighted by Crippen LogP contribution is -2.39. The second kappa shape index (κ2) is 14.1. The number of aromatic nitrogens is 6. The van der Waals surface area contributed by atoms with Gasteiger partial charge in [-0.25, -0.2) is 4.68 Å². The van der Waals surface area contributed by atoms with Crippen LogP contribution in [0, 0.1) is 0 Å². The first-order valence-electron chi connectivity index (χ1n) is 16.9. The van der Waals surface area contributed by atoms with Crippen LogP contribution in [0.1, 0.15) is 53.3 Å². The molecule has 0 aliphatic rings. The highest BCUT2D eigenvalue weighted by atomic mass is 16.5. The molecule has 0 amide bonds. The van der Waals surface area contributed by atoms with Crippen molar-refractivity contribution in [2.75, 3.05) is 7.11 Å². The third-order valence-corrected chi connectivity index (χ3v) is 9.37. The van der Waals surface area contributed by atoms with Crippen LogP contribution in [0.15, 0.2) is 140 Å². The van der Waals surface area contributed by atoms with Crippen molar-refractivity contribution >= 4 is 0 Å². The highest BCUT2D eigenvalue weighted by molar-refractivity contribution is 5.81. The Labute approximate surface area is 287 Å². The summed E-state index contributed by atoms with van der Waals surface area (Å²) in [6.45, 7) is 2.22. The first-order chi connectivity index (χ1) is 24.1. The Balaban J connectivity index is 1.33. The monoisotopic (exact) mass is 644 g/mol. The molecule has 244 valence electrons. The van der Waals surface area contributed by atoms with Gasteiger partial charge in [-0.1, -0.05) is 153 Å². The summed E-state index contributed by atoms with van der Waals surface area (Å²) in [6.07, 6.45) is 3.98. The predicted octanol–water partition coefficient (Wildman–Crippen LogP) is 8.52. The summed E-state index contributed by atoms with van der Waals surface area (Å²) in [5.41, 5.74) is 9.03. The van der Waals surface area contributed by atoms with E-state index in [1.54, 1.807) is 7.11 Å². The largest absolute Gasteiger partial charge is 0.480 e. The van der Waals surface area contributed by atoms with Gasteiger partial charge in [0.2, 0.25) is 5.88 Å². The van der Waals surface area contributed by atoms with E-state index in [2.05, 4.69) is 132 Å². The van der Waals surface area contributed by atoms with Gasteiger partial charge in [0.15, 0.2) is 5.82 Å². The van der Waals surface area contributed by atoms with E-state index < -0.39 is 5.54 Å². The molecule has 0 aliphatic heterocycles. The molecule has 2 aromatic heterocycles. The molecule has 0 atom stereocenters. The number of ether oxygens (including phenoxy) is 1. The fourth-order valence-electron chi connectivity index (χ4n) is 7.00. The zero-order chi connectivity index (χ0) is 33.6. The minimum absolute atomic E-state index is 0.678. The summed E-state index contributed by atoms with van der Waals surface area (Å²) >= 11 is 0. The van der Waals surface area contributed by atoms with Crippen LogP contribution in [0.2, 0.25) is 0 Å². The van der Waals surface area contributed by atoms with Gasteiger partial charge in [-0.05, 0) is 56.6 Å². The maximum absolute atomic E-state index is 5.69. The third-order valence-electron chi connectivity index (χ3n) is 9.37. The highest BCUT2D eigenvalue weighted by Crippen LogP contribution is 2.43. The van der Waals surface area contributed by atoms with Crippen molar-refractivity contribution in [1.82, 2.24) is 30.0 Å². The summed E-state index contributed by atoms with van der Waals surface area (Å²) in [5, 5.41) is 18.5. The predicted molar refractivity (Wildman–Crippen MR) is 194 cm³/mol. The van der Waals surface area contributed by atoms with Crippen LogP contribution in [0.5, 0.6) is 5.88 Å². The van der Waals surface area contributed by atoms with Gasteiger partial charge in [0.1, 0.15) is 5.54 Å². The Morgan fingerprint density at radius 2 is 1.22 bits per heavy atom. The molecule has 7 heteroatoms. The number of unbranched alkanes of at least 4 members (excludes halogenated alkanes) is 1. The standard InChI is InChI=1S/C42H40N6O/c1-4-5-25-39-38(41(49-3)44-47(39)2)30-31-26-28-32(29-27-31)36-23-15-16-24-37(36)40-43-45-46-48(40)42(33-17-9-6-10-18-33,34-19-11-7-12-20-34)35-21-13-8-14-22-35/h6-24,26-29H,4-5,25,30H2,1-3H3. The van der Waals surface area contributed by atoms with Crippen LogP contribution >= 0.6 is 0 Å². The smallest absolute Gasteiger partial charge is 0.236 e. The molecule has 5 aromatic carbocycles. The Bertz CT molecular complexity index is 2020. The van der Waals surface area contributed by atoms with E-state index in [1.807, 2.05) is 40.7 Å². The summed E-state index contributed by atoms with van der Waals surface area (Å²) < 4.78 is 9.65. The summed E-state index contributed by atoms with van der Waals surface area (Å²) in [5.74, 6) is 1.38. The molecule has 0 saturated heterocycles. The first-order valence-corrected chi connectivity index (χ1v) is 16.9. The number of aryl methyl sites for hydroxylation is 1. The van der Waals surface area contributed by atoms with E-state index >= 15 is 0 Å². The van der Waals surface area contributed by atoms with E-state index in [4.69, 9.17) is 15.0 Å². The van der Waals surface area contributed by atoms with Crippen molar-refractivity contribution in [2.24, 2.45) is 7.05 Å². The van der Waals surface area contributed by atoms with Gasteiger partial charge in [0, 0.05) is 30.3 Å². The van der Waals surface area contributed by atoms with E-state index in [9.17, 15) is 0 Å². The van der Waals surface area contributed by atoms with Crippen molar-refractivity contribution in [2.45, 2.75) is 38.1 Å². The van der Waals surface area contributed by atoms with Gasteiger partial charge in [-0.15, -0.1) is 10.2 Å². The molecule has 0 fully saturated rings. The number of methoxy groups -OCH3 is 1. The average Bonchev–Trinajstić information content (AvgIpc) is 3.77. The zero-order valence-corrected chi connectivity index (χ0v) is 28.2. The lowest BCUT2D eigenvalue weighted by molar-refractivity contribution is 0.388. The van der Waals surface area contributed by atoms with E-state index in [0.29, 0.717) is 11.7 Å². The lowest BCUT2D eigenvalue weighted by atomic mass is 9.77. The Morgan fingerprint density at radius 1 is 0.673 bits per heavy atom. The SMILES string of the molecule is CCCCc1c(Cc2ccc(-c3ccccc3-c3nnnn3C(c3ccccc3)(c3ccccc3)c3ccccc3)cc2)c(OC)nn1C. The molecular weight excluding hydrogens is 605 g/mol. The normalized spacial score (nSPS) is 11.5. The first kappa shape index (κ1) is 31.8. The molecule has 0 unspecified atom stereocenters. The Morgan fingerprint density at radius 3 is 1.78 bits per heavy atom. The number of tetrazole rings is 1. The molecule has 0 aliphatic carbocycles.